The Morgan fingerprint density at radius 2 is 2.05 bits per heavy atom. The maximum Gasteiger partial charge on any atom is 0.237 e. The van der Waals surface area contributed by atoms with Crippen LogP contribution in [0.25, 0.3) is 0 Å². The van der Waals surface area contributed by atoms with Gasteiger partial charge in [0.2, 0.25) is 5.91 Å². The third kappa shape index (κ3) is 4.71. The van der Waals surface area contributed by atoms with Gasteiger partial charge in [0.1, 0.15) is 5.75 Å². The molecule has 0 radical (unpaired) electrons. The molecule has 4 N–H and O–H groups in total. The number of aromatic hydroxyl groups is 1. The van der Waals surface area contributed by atoms with Crippen molar-refractivity contribution in [2.24, 2.45) is 5.73 Å². The lowest BCUT2D eigenvalue weighted by Crippen LogP contribution is -2.50. The molecule has 1 fully saturated rings. The van der Waals surface area contributed by atoms with E-state index in [1.54, 1.807) is 12.1 Å². The SMILES string of the molecule is NC(Cc1ccc(O)cc1)C(=O)NC1CCCS(=O)(=O)C1. The zero-order valence-corrected chi connectivity index (χ0v) is 12.5. The number of sulfone groups is 1. The van der Waals surface area contributed by atoms with Crippen LogP contribution in [0.3, 0.4) is 0 Å². The minimum Gasteiger partial charge on any atom is -0.508 e. The number of hydrogen-bond acceptors (Lipinski definition) is 5. The average Bonchev–Trinajstić information content (AvgIpc) is 2.40. The highest BCUT2D eigenvalue weighted by Gasteiger charge is 2.27. The molecule has 1 aromatic carbocycles. The summed E-state index contributed by atoms with van der Waals surface area (Å²) in [5.74, 6) is -0.00165. The molecule has 2 atom stereocenters. The zero-order valence-electron chi connectivity index (χ0n) is 11.7. The fourth-order valence-corrected chi connectivity index (χ4v) is 4.06. The highest BCUT2D eigenvalue weighted by Crippen LogP contribution is 2.13. The van der Waals surface area contributed by atoms with Gasteiger partial charge in [0.15, 0.2) is 9.84 Å². The van der Waals surface area contributed by atoms with E-state index >= 15 is 0 Å². The van der Waals surface area contributed by atoms with Crippen molar-refractivity contribution in [3.63, 3.8) is 0 Å². The first-order valence-corrected chi connectivity index (χ1v) is 8.72. The lowest BCUT2D eigenvalue weighted by Gasteiger charge is -2.24. The molecule has 1 aliphatic heterocycles. The maximum absolute atomic E-state index is 12.0. The number of benzene rings is 1. The first-order chi connectivity index (χ1) is 9.85. The minimum absolute atomic E-state index is 0.00926. The van der Waals surface area contributed by atoms with Crippen LogP contribution in [0.15, 0.2) is 24.3 Å². The molecule has 1 aliphatic rings. The van der Waals surface area contributed by atoms with Gasteiger partial charge in [0.05, 0.1) is 17.5 Å². The summed E-state index contributed by atoms with van der Waals surface area (Å²) < 4.78 is 23.1. The standard InChI is InChI=1S/C14H20N2O4S/c15-13(8-10-3-5-12(17)6-4-10)14(18)16-11-2-1-7-21(19,20)9-11/h3-6,11,13,17H,1-2,7-9,15H2,(H,16,18). The number of nitrogens with one attached hydrogen (secondary N) is 1. The van der Waals surface area contributed by atoms with E-state index in [0.29, 0.717) is 19.3 Å². The number of phenols is 1. The molecule has 7 heteroatoms. The van der Waals surface area contributed by atoms with Crippen molar-refractivity contribution in [3.05, 3.63) is 29.8 Å². The van der Waals surface area contributed by atoms with Gasteiger partial charge in [-0.1, -0.05) is 12.1 Å². The van der Waals surface area contributed by atoms with Crippen molar-refractivity contribution >= 4 is 15.7 Å². The van der Waals surface area contributed by atoms with Crippen LogP contribution in [-0.4, -0.2) is 43.0 Å². The van der Waals surface area contributed by atoms with E-state index in [1.807, 2.05) is 0 Å². The summed E-state index contributed by atoms with van der Waals surface area (Å²) in [4.78, 5) is 12.0. The predicted molar refractivity (Wildman–Crippen MR) is 79.6 cm³/mol. The van der Waals surface area contributed by atoms with Crippen LogP contribution in [0.1, 0.15) is 18.4 Å². The molecule has 21 heavy (non-hydrogen) atoms. The van der Waals surface area contributed by atoms with Gasteiger partial charge in [-0.2, -0.15) is 0 Å². The van der Waals surface area contributed by atoms with Gasteiger partial charge in [0.25, 0.3) is 0 Å². The predicted octanol–water partition coefficient (Wildman–Crippen LogP) is -0.0446. The van der Waals surface area contributed by atoms with E-state index in [1.165, 1.54) is 12.1 Å². The fourth-order valence-electron chi connectivity index (χ4n) is 2.42. The smallest absolute Gasteiger partial charge is 0.237 e. The fraction of sp³-hybridized carbons (Fsp3) is 0.500. The second kappa shape index (κ2) is 6.44. The molecular weight excluding hydrogens is 292 g/mol. The largest absolute Gasteiger partial charge is 0.508 e. The number of hydrogen-bond donors (Lipinski definition) is 3. The summed E-state index contributed by atoms with van der Waals surface area (Å²) in [6, 6.07) is 5.39. The Morgan fingerprint density at radius 1 is 1.38 bits per heavy atom. The number of phenolic OH excluding ortho intramolecular Hbond substituents is 1. The Bertz CT molecular complexity index is 598. The van der Waals surface area contributed by atoms with Crippen LogP contribution < -0.4 is 11.1 Å². The third-order valence-corrected chi connectivity index (χ3v) is 5.36. The molecule has 1 aromatic rings. The normalized spacial score (nSPS) is 22.4. The Labute approximate surface area is 124 Å². The van der Waals surface area contributed by atoms with Crippen molar-refractivity contribution in [2.45, 2.75) is 31.3 Å². The summed E-state index contributed by atoms with van der Waals surface area (Å²) in [6.45, 7) is 0. The minimum atomic E-state index is -3.05. The average molecular weight is 312 g/mol. The van der Waals surface area contributed by atoms with Crippen LogP contribution >= 0.6 is 0 Å². The molecule has 0 aliphatic carbocycles. The van der Waals surface area contributed by atoms with E-state index in [9.17, 15) is 18.3 Å². The molecule has 1 heterocycles. The summed E-state index contributed by atoms with van der Waals surface area (Å²) in [5, 5.41) is 11.9. The molecule has 2 unspecified atom stereocenters. The van der Waals surface area contributed by atoms with E-state index in [4.69, 9.17) is 5.73 Å². The summed E-state index contributed by atoms with van der Waals surface area (Å²) in [6.07, 6.45) is 1.57. The summed E-state index contributed by atoms with van der Waals surface area (Å²) in [7, 11) is -3.05. The number of rotatable bonds is 4. The van der Waals surface area contributed by atoms with Gasteiger partial charge in [-0.15, -0.1) is 0 Å². The molecule has 0 spiro atoms. The third-order valence-electron chi connectivity index (χ3n) is 3.54. The van der Waals surface area contributed by atoms with Gasteiger partial charge in [-0.25, -0.2) is 8.42 Å². The van der Waals surface area contributed by atoms with Crippen LogP contribution in [0.4, 0.5) is 0 Å². The number of carbonyl (C=O) groups is 1. The van der Waals surface area contributed by atoms with E-state index in [-0.39, 0.29) is 29.2 Å². The lowest BCUT2D eigenvalue weighted by molar-refractivity contribution is -0.122. The van der Waals surface area contributed by atoms with Crippen molar-refractivity contribution < 1.29 is 18.3 Å². The number of amides is 1. The van der Waals surface area contributed by atoms with Gasteiger partial charge in [0, 0.05) is 6.04 Å². The van der Waals surface area contributed by atoms with Crippen LogP contribution in [0.2, 0.25) is 0 Å². The zero-order chi connectivity index (χ0) is 15.5. The Kier molecular flexibility index (Phi) is 4.84. The lowest BCUT2D eigenvalue weighted by atomic mass is 10.1. The van der Waals surface area contributed by atoms with E-state index in [2.05, 4.69) is 5.32 Å². The molecular formula is C14H20N2O4S. The van der Waals surface area contributed by atoms with Crippen molar-refractivity contribution in [1.29, 1.82) is 0 Å². The first kappa shape index (κ1) is 15.8. The number of nitrogens with two attached hydrogens (primary N) is 1. The molecule has 0 aromatic heterocycles. The Morgan fingerprint density at radius 3 is 2.67 bits per heavy atom. The molecule has 0 saturated carbocycles. The summed E-state index contributed by atoms with van der Waals surface area (Å²) in [5.41, 5.74) is 6.69. The topological polar surface area (TPSA) is 109 Å². The molecule has 2 rings (SSSR count). The first-order valence-electron chi connectivity index (χ1n) is 6.90. The van der Waals surface area contributed by atoms with Crippen molar-refractivity contribution in [2.75, 3.05) is 11.5 Å². The molecule has 0 bridgehead atoms. The molecule has 116 valence electrons. The monoisotopic (exact) mass is 312 g/mol. The highest BCUT2D eigenvalue weighted by atomic mass is 32.2. The molecule has 1 saturated heterocycles. The molecule has 6 nitrogen and oxygen atoms in total. The van der Waals surface area contributed by atoms with E-state index in [0.717, 1.165) is 5.56 Å². The van der Waals surface area contributed by atoms with Gasteiger partial charge >= 0.3 is 0 Å². The van der Waals surface area contributed by atoms with Crippen molar-refractivity contribution in [3.8, 4) is 5.75 Å². The Hall–Kier alpha value is -1.60. The molecule has 1 amide bonds. The van der Waals surface area contributed by atoms with Crippen LogP contribution in [0, 0.1) is 0 Å². The van der Waals surface area contributed by atoms with Crippen LogP contribution in [-0.2, 0) is 21.1 Å². The Balaban J connectivity index is 1.89. The van der Waals surface area contributed by atoms with E-state index < -0.39 is 15.9 Å². The highest BCUT2D eigenvalue weighted by molar-refractivity contribution is 7.91. The van der Waals surface area contributed by atoms with Gasteiger partial charge in [-0.05, 0) is 37.0 Å². The van der Waals surface area contributed by atoms with Crippen molar-refractivity contribution in [1.82, 2.24) is 5.32 Å². The van der Waals surface area contributed by atoms with Gasteiger partial charge in [-0.3, -0.25) is 4.79 Å². The number of carbonyl (C=O) groups excluding carboxylic acids is 1. The quantitative estimate of drug-likeness (QED) is 0.722. The second-order valence-electron chi connectivity index (χ2n) is 5.44. The van der Waals surface area contributed by atoms with Crippen LogP contribution in [0.5, 0.6) is 5.75 Å². The summed E-state index contributed by atoms with van der Waals surface area (Å²) >= 11 is 0. The maximum atomic E-state index is 12.0. The second-order valence-corrected chi connectivity index (χ2v) is 7.67. The van der Waals surface area contributed by atoms with Gasteiger partial charge < -0.3 is 16.2 Å².